The zero-order valence-corrected chi connectivity index (χ0v) is 6.07. The van der Waals surface area contributed by atoms with Gasteiger partial charge in [-0.25, -0.2) is 0 Å². The molecule has 1 aromatic heterocycles. The molecule has 0 N–H and O–H groups in total. The number of carbonyl (C=O) groups is 1. The molecule has 1 rings (SSSR count). The third-order valence-electron chi connectivity index (χ3n) is 1.15. The Morgan fingerprint density at radius 1 is 1.55 bits per heavy atom. The van der Waals surface area contributed by atoms with Gasteiger partial charge in [-0.2, -0.15) is 0 Å². The molecule has 0 spiro atoms. The Hall–Kier alpha value is 0.500. The van der Waals surface area contributed by atoms with Crippen LogP contribution in [-0.2, 0) is 6.42 Å². The summed E-state index contributed by atoms with van der Waals surface area (Å²) in [5.74, 6) is 0. The van der Waals surface area contributed by atoms with Crippen LogP contribution in [0, 0.1) is 0 Å². The molecule has 0 saturated heterocycles. The SMILES string of the molecule is CCc1ccc(C=O)s1.[AlH3].[LiH]. The molecule has 0 bridgehead atoms. The molecule has 0 saturated carbocycles. The number of hydrogen-bond donors (Lipinski definition) is 0. The third-order valence-corrected chi connectivity index (χ3v) is 2.30. The van der Waals surface area contributed by atoms with Gasteiger partial charge in [-0.15, -0.1) is 11.3 Å². The Morgan fingerprint density at radius 3 is 2.45 bits per heavy atom. The first-order chi connectivity index (χ1) is 4.36. The molecule has 0 aliphatic rings. The summed E-state index contributed by atoms with van der Waals surface area (Å²) >= 11 is 1.56. The number of thiophene rings is 1. The van der Waals surface area contributed by atoms with Crippen LogP contribution in [0.2, 0.25) is 0 Å². The van der Waals surface area contributed by atoms with Gasteiger partial charge in [0.15, 0.2) is 23.6 Å². The summed E-state index contributed by atoms with van der Waals surface area (Å²) in [6.07, 6.45) is 1.92. The van der Waals surface area contributed by atoms with Crippen molar-refractivity contribution in [2.45, 2.75) is 13.3 Å². The molecule has 56 valence electrons. The molecule has 1 heterocycles. The van der Waals surface area contributed by atoms with Gasteiger partial charge in [-0.05, 0) is 18.6 Å². The molecule has 1 aromatic rings. The van der Waals surface area contributed by atoms with Crippen molar-refractivity contribution >= 4 is 53.8 Å². The van der Waals surface area contributed by atoms with Crippen molar-refractivity contribution in [3.05, 3.63) is 21.9 Å². The van der Waals surface area contributed by atoms with Gasteiger partial charge < -0.3 is 0 Å². The first kappa shape index (κ1) is 14.0. The first-order valence-electron chi connectivity index (χ1n) is 2.90. The van der Waals surface area contributed by atoms with Crippen molar-refractivity contribution in [3.8, 4) is 0 Å². The predicted octanol–water partition coefficient (Wildman–Crippen LogP) is 0.291. The molecule has 0 unspecified atom stereocenters. The molecule has 0 atom stereocenters. The number of carbonyl (C=O) groups excluding carboxylic acids is 1. The summed E-state index contributed by atoms with van der Waals surface area (Å²) in [4.78, 5) is 12.2. The van der Waals surface area contributed by atoms with E-state index in [0.29, 0.717) is 0 Å². The van der Waals surface area contributed by atoms with Crippen LogP contribution in [0.25, 0.3) is 0 Å². The van der Waals surface area contributed by atoms with Crippen LogP contribution in [-0.4, -0.2) is 42.5 Å². The molecule has 0 aliphatic carbocycles. The molecule has 1 nitrogen and oxygen atoms in total. The molecule has 0 aliphatic heterocycles. The van der Waals surface area contributed by atoms with E-state index in [9.17, 15) is 4.79 Å². The van der Waals surface area contributed by atoms with Crippen molar-refractivity contribution in [1.82, 2.24) is 0 Å². The molecule has 4 heteroatoms. The second kappa shape index (κ2) is 7.17. The van der Waals surface area contributed by atoms with Crippen molar-refractivity contribution in [1.29, 1.82) is 0 Å². The summed E-state index contributed by atoms with van der Waals surface area (Å²) in [6, 6.07) is 3.85. The average molecular weight is 178 g/mol. The molecular formula is C7H12AlLiOS. The van der Waals surface area contributed by atoms with E-state index in [1.54, 1.807) is 11.3 Å². The number of hydrogen-bond acceptors (Lipinski definition) is 2. The molecule has 0 amide bonds. The minimum atomic E-state index is 0. The van der Waals surface area contributed by atoms with Gasteiger partial charge in [-0.1, -0.05) is 6.92 Å². The average Bonchev–Trinajstić information content (AvgIpc) is 2.34. The van der Waals surface area contributed by atoms with E-state index in [0.717, 1.165) is 17.6 Å². The van der Waals surface area contributed by atoms with E-state index >= 15 is 0 Å². The van der Waals surface area contributed by atoms with E-state index in [2.05, 4.69) is 6.92 Å². The Balaban J connectivity index is 0. The van der Waals surface area contributed by atoms with Gasteiger partial charge >= 0.3 is 18.9 Å². The van der Waals surface area contributed by atoms with Crippen LogP contribution < -0.4 is 0 Å². The van der Waals surface area contributed by atoms with E-state index in [1.807, 2.05) is 12.1 Å². The summed E-state index contributed by atoms with van der Waals surface area (Å²) in [5, 5.41) is 0. The Kier molecular flexibility index (Phi) is 9.15. The number of aryl methyl sites for hydroxylation is 1. The van der Waals surface area contributed by atoms with Crippen molar-refractivity contribution < 1.29 is 4.79 Å². The molecule has 11 heavy (non-hydrogen) atoms. The van der Waals surface area contributed by atoms with Crippen LogP contribution in [0.15, 0.2) is 12.1 Å². The van der Waals surface area contributed by atoms with Crippen molar-refractivity contribution in [2.75, 3.05) is 0 Å². The van der Waals surface area contributed by atoms with E-state index in [4.69, 9.17) is 0 Å². The van der Waals surface area contributed by atoms with Gasteiger partial charge in [0.25, 0.3) is 0 Å². The van der Waals surface area contributed by atoms with Crippen LogP contribution in [0.1, 0.15) is 21.5 Å². The topological polar surface area (TPSA) is 17.1 Å². The Morgan fingerprint density at radius 2 is 2.18 bits per heavy atom. The maximum absolute atomic E-state index is 10.1. The number of aldehydes is 1. The fraction of sp³-hybridized carbons (Fsp3) is 0.286. The summed E-state index contributed by atoms with van der Waals surface area (Å²) in [6.45, 7) is 2.08. The maximum atomic E-state index is 10.1. The van der Waals surface area contributed by atoms with Crippen LogP contribution in [0.4, 0.5) is 0 Å². The summed E-state index contributed by atoms with van der Waals surface area (Å²) in [5.41, 5.74) is 0. The Labute approximate surface area is 93.5 Å². The third kappa shape index (κ3) is 4.16. The van der Waals surface area contributed by atoms with E-state index < -0.39 is 0 Å². The monoisotopic (exact) mass is 178 g/mol. The minimum absolute atomic E-state index is 0. The van der Waals surface area contributed by atoms with Gasteiger partial charge in [0, 0.05) is 4.88 Å². The van der Waals surface area contributed by atoms with Crippen LogP contribution >= 0.6 is 11.3 Å². The van der Waals surface area contributed by atoms with E-state index in [-0.39, 0.29) is 36.2 Å². The van der Waals surface area contributed by atoms with Gasteiger partial charge in [-0.3, -0.25) is 4.79 Å². The van der Waals surface area contributed by atoms with E-state index in [1.165, 1.54) is 4.88 Å². The van der Waals surface area contributed by atoms with Gasteiger partial charge in [0.2, 0.25) is 0 Å². The zero-order valence-electron chi connectivity index (χ0n) is 5.26. The molecule has 0 aromatic carbocycles. The quantitative estimate of drug-likeness (QED) is 0.470. The first-order valence-corrected chi connectivity index (χ1v) is 3.72. The molecular weight excluding hydrogens is 166 g/mol. The predicted molar refractivity (Wildman–Crippen MR) is 56.2 cm³/mol. The van der Waals surface area contributed by atoms with Gasteiger partial charge in [0.05, 0.1) is 4.88 Å². The van der Waals surface area contributed by atoms with Crippen molar-refractivity contribution in [2.24, 2.45) is 0 Å². The molecule has 0 radical (unpaired) electrons. The Bertz CT molecular complexity index is 212. The molecule has 0 fully saturated rings. The zero-order chi connectivity index (χ0) is 6.69. The van der Waals surface area contributed by atoms with Gasteiger partial charge in [0.1, 0.15) is 0 Å². The number of rotatable bonds is 2. The fourth-order valence-electron chi connectivity index (χ4n) is 0.648. The second-order valence-electron chi connectivity index (χ2n) is 1.78. The summed E-state index contributed by atoms with van der Waals surface area (Å²) in [7, 11) is 0. The normalized spacial score (nSPS) is 7.73. The second-order valence-corrected chi connectivity index (χ2v) is 2.98. The van der Waals surface area contributed by atoms with Crippen LogP contribution in [0.3, 0.4) is 0 Å². The summed E-state index contributed by atoms with van der Waals surface area (Å²) < 4.78 is 0. The van der Waals surface area contributed by atoms with Crippen LogP contribution in [0.5, 0.6) is 0 Å². The fourth-order valence-corrected chi connectivity index (χ4v) is 1.42. The van der Waals surface area contributed by atoms with Crippen molar-refractivity contribution in [3.63, 3.8) is 0 Å². The standard InChI is InChI=1S/C7H8OS.Al.Li.4H/c1-2-6-3-4-7(5-8)9-6;;;;;;/h3-5H,2H2,1H3;;;;;;.